The molecule has 31 heavy (non-hydrogen) atoms. The number of methoxy groups -OCH3 is 1. The lowest BCUT2D eigenvalue weighted by molar-refractivity contribution is 0.0718. The Morgan fingerprint density at radius 1 is 0.903 bits per heavy atom. The van der Waals surface area contributed by atoms with E-state index in [0.29, 0.717) is 23.5 Å². The first-order chi connectivity index (χ1) is 15.0. The number of H-pyrrole nitrogens is 1. The lowest BCUT2D eigenvalue weighted by atomic mass is 10.0. The summed E-state index contributed by atoms with van der Waals surface area (Å²) in [4.78, 5) is 45.8. The number of nitrogens with zero attached hydrogens (tertiary/aromatic N) is 3. The van der Waals surface area contributed by atoms with Crippen LogP contribution in [-0.2, 0) is 12.8 Å². The standard InChI is InChI=1S/C12H14N2O2.C11H12N2O2/c1-16-11-6-8-4-5-14(9-2-3-9)12(15)10(8)7-13-11;14-10-5-7-3-4-13(8-1-2-8)11(15)9(7)6-12-10/h6-7,9H,2-5H2,1H3;5-6,8H,1-4H2,(H,12,14). The van der Waals surface area contributed by atoms with Crippen molar-refractivity contribution >= 4 is 11.8 Å². The van der Waals surface area contributed by atoms with Gasteiger partial charge in [-0.3, -0.25) is 14.4 Å². The summed E-state index contributed by atoms with van der Waals surface area (Å²) >= 11 is 0. The predicted octanol–water partition coefficient (Wildman–Crippen LogP) is 1.79. The smallest absolute Gasteiger partial charge is 0.255 e. The molecule has 0 aromatic carbocycles. The van der Waals surface area contributed by atoms with Crippen LogP contribution in [0.4, 0.5) is 0 Å². The van der Waals surface area contributed by atoms with Crippen LogP contribution in [0.2, 0.25) is 0 Å². The zero-order chi connectivity index (χ0) is 21.5. The molecule has 0 saturated heterocycles. The minimum Gasteiger partial charge on any atom is -0.481 e. The third-order valence-electron chi connectivity index (χ3n) is 6.39. The van der Waals surface area contributed by atoms with Gasteiger partial charge in [-0.25, -0.2) is 4.98 Å². The van der Waals surface area contributed by atoms with E-state index in [-0.39, 0.29) is 17.4 Å². The van der Waals surface area contributed by atoms with Crippen LogP contribution >= 0.6 is 0 Å². The average Bonchev–Trinajstić information content (AvgIpc) is 3.68. The number of aromatic nitrogens is 2. The van der Waals surface area contributed by atoms with Crippen molar-refractivity contribution in [3.05, 3.63) is 57.1 Å². The van der Waals surface area contributed by atoms with Crippen LogP contribution in [0.15, 0.2) is 29.3 Å². The van der Waals surface area contributed by atoms with Crippen molar-refractivity contribution < 1.29 is 14.3 Å². The molecule has 4 heterocycles. The summed E-state index contributed by atoms with van der Waals surface area (Å²) in [5, 5.41) is 0. The third kappa shape index (κ3) is 3.94. The van der Waals surface area contributed by atoms with E-state index in [2.05, 4.69) is 9.97 Å². The second-order valence-electron chi connectivity index (χ2n) is 8.58. The summed E-state index contributed by atoms with van der Waals surface area (Å²) in [6.07, 6.45) is 9.49. The summed E-state index contributed by atoms with van der Waals surface area (Å²) in [7, 11) is 1.59. The Bertz CT molecular complexity index is 1090. The summed E-state index contributed by atoms with van der Waals surface area (Å²) in [5.74, 6) is 0.806. The number of carbonyl (C=O) groups is 2. The fourth-order valence-corrected chi connectivity index (χ4v) is 4.37. The molecule has 0 spiro atoms. The van der Waals surface area contributed by atoms with Crippen molar-refractivity contribution in [1.29, 1.82) is 0 Å². The van der Waals surface area contributed by atoms with Crippen LogP contribution in [0.5, 0.6) is 5.88 Å². The Morgan fingerprint density at radius 3 is 2.06 bits per heavy atom. The molecular formula is C23H26N4O4. The lowest BCUT2D eigenvalue weighted by Crippen LogP contribution is -2.39. The SMILES string of the molecule is COc1cc2c(cn1)C(=O)N(C1CC1)CC2.O=C1c2c[nH]c(=O)cc2CCN1C1CC1. The molecular weight excluding hydrogens is 396 g/mol. The van der Waals surface area contributed by atoms with Crippen LogP contribution in [-0.4, -0.2) is 63.9 Å². The Labute approximate surface area is 180 Å². The zero-order valence-electron chi connectivity index (χ0n) is 17.6. The molecule has 2 aliphatic carbocycles. The van der Waals surface area contributed by atoms with E-state index < -0.39 is 0 Å². The minimum absolute atomic E-state index is 0.0787. The zero-order valence-corrected chi connectivity index (χ0v) is 17.6. The highest BCUT2D eigenvalue weighted by Gasteiger charge is 2.37. The molecule has 8 nitrogen and oxygen atoms in total. The van der Waals surface area contributed by atoms with E-state index in [1.807, 2.05) is 15.9 Å². The number of amides is 2. The number of pyridine rings is 2. The Kier molecular flexibility index (Phi) is 5.00. The van der Waals surface area contributed by atoms with Crippen LogP contribution in [0.1, 0.15) is 57.5 Å². The van der Waals surface area contributed by atoms with Gasteiger partial charge in [-0.1, -0.05) is 0 Å². The molecule has 2 amide bonds. The van der Waals surface area contributed by atoms with Crippen molar-refractivity contribution in [2.75, 3.05) is 20.2 Å². The van der Waals surface area contributed by atoms with Crippen LogP contribution in [0.25, 0.3) is 0 Å². The van der Waals surface area contributed by atoms with E-state index in [4.69, 9.17) is 4.74 Å². The molecule has 0 bridgehead atoms. The molecule has 0 radical (unpaired) electrons. The molecule has 2 saturated carbocycles. The van der Waals surface area contributed by atoms with Gasteiger partial charge in [-0.15, -0.1) is 0 Å². The number of ether oxygens (including phenoxy) is 1. The minimum atomic E-state index is -0.124. The summed E-state index contributed by atoms with van der Waals surface area (Å²) < 4.78 is 5.07. The predicted molar refractivity (Wildman–Crippen MR) is 113 cm³/mol. The average molecular weight is 422 g/mol. The summed E-state index contributed by atoms with van der Waals surface area (Å²) in [5.41, 5.74) is 3.25. The van der Waals surface area contributed by atoms with Gasteiger partial charge < -0.3 is 19.5 Å². The second-order valence-corrected chi connectivity index (χ2v) is 8.58. The molecule has 0 atom stereocenters. The van der Waals surface area contributed by atoms with Crippen molar-refractivity contribution in [2.24, 2.45) is 0 Å². The molecule has 2 aromatic rings. The highest BCUT2D eigenvalue weighted by atomic mass is 16.5. The Balaban J connectivity index is 0.000000132. The maximum Gasteiger partial charge on any atom is 0.255 e. The van der Waals surface area contributed by atoms with Crippen LogP contribution in [0, 0.1) is 0 Å². The monoisotopic (exact) mass is 422 g/mol. The highest BCUT2D eigenvalue weighted by Crippen LogP contribution is 2.32. The number of rotatable bonds is 3. The number of carbonyl (C=O) groups excluding carboxylic acids is 2. The molecule has 6 rings (SSSR count). The lowest BCUT2D eigenvalue weighted by Gasteiger charge is -2.28. The van der Waals surface area contributed by atoms with Gasteiger partial charge in [0, 0.05) is 49.7 Å². The summed E-state index contributed by atoms with van der Waals surface area (Å²) in [6, 6.07) is 4.36. The molecule has 0 unspecified atom stereocenters. The van der Waals surface area contributed by atoms with Crippen LogP contribution < -0.4 is 10.3 Å². The number of hydrogen-bond donors (Lipinski definition) is 1. The molecule has 1 N–H and O–H groups in total. The van der Waals surface area contributed by atoms with E-state index in [0.717, 1.165) is 68.3 Å². The Morgan fingerprint density at radius 2 is 1.48 bits per heavy atom. The molecule has 8 heteroatoms. The molecule has 2 aromatic heterocycles. The number of nitrogens with one attached hydrogen (secondary N) is 1. The maximum atomic E-state index is 12.1. The normalized spacial score (nSPS) is 19.9. The largest absolute Gasteiger partial charge is 0.481 e. The molecule has 4 aliphatic rings. The van der Waals surface area contributed by atoms with Crippen molar-refractivity contribution in [3.8, 4) is 5.88 Å². The van der Waals surface area contributed by atoms with E-state index >= 15 is 0 Å². The van der Waals surface area contributed by atoms with Crippen molar-refractivity contribution in [2.45, 2.75) is 50.6 Å². The number of fused-ring (bicyclic) bond motifs is 2. The molecule has 2 aliphatic heterocycles. The van der Waals surface area contributed by atoms with Gasteiger partial charge in [-0.05, 0) is 49.7 Å². The molecule has 2 fully saturated rings. The van der Waals surface area contributed by atoms with E-state index in [9.17, 15) is 14.4 Å². The molecule has 162 valence electrons. The Hall–Kier alpha value is -3.16. The van der Waals surface area contributed by atoms with E-state index in [1.165, 1.54) is 6.07 Å². The van der Waals surface area contributed by atoms with Crippen LogP contribution in [0.3, 0.4) is 0 Å². The summed E-state index contributed by atoms with van der Waals surface area (Å²) in [6.45, 7) is 1.60. The maximum absolute atomic E-state index is 12.1. The highest BCUT2D eigenvalue weighted by molar-refractivity contribution is 5.97. The fraction of sp³-hybridized carbons (Fsp3) is 0.478. The van der Waals surface area contributed by atoms with Gasteiger partial charge in [0.05, 0.1) is 18.2 Å². The van der Waals surface area contributed by atoms with E-state index in [1.54, 1.807) is 19.5 Å². The van der Waals surface area contributed by atoms with Gasteiger partial charge in [0.15, 0.2) is 0 Å². The van der Waals surface area contributed by atoms with Crippen molar-refractivity contribution in [1.82, 2.24) is 19.8 Å². The van der Waals surface area contributed by atoms with Gasteiger partial charge in [-0.2, -0.15) is 0 Å². The number of aromatic amines is 1. The quantitative estimate of drug-likeness (QED) is 0.814. The van der Waals surface area contributed by atoms with Gasteiger partial charge in [0.25, 0.3) is 11.8 Å². The first kappa shape index (κ1) is 19.8. The fourth-order valence-electron chi connectivity index (χ4n) is 4.37. The second kappa shape index (κ2) is 7.83. The van der Waals surface area contributed by atoms with Gasteiger partial charge >= 0.3 is 0 Å². The topological polar surface area (TPSA) is 95.6 Å². The van der Waals surface area contributed by atoms with Gasteiger partial charge in [0.2, 0.25) is 11.4 Å². The first-order valence-corrected chi connectivity index (χ1v) is 10.9. The van der Waals surface area contributed by atoms with Crippen molar-refractivity contribution in [3.63, 3.8) is 0 Å². The van der Waals surface area contributed by atoms with Gasteiger partial charge in [0.1, 0.15) is 0 Å². The number of hydrogen-bond acceptors (Lipinski definition) is 5. The third-order valence-corrected chi connectivity index (χ3v) is 6.39. The first-order valence-electron chi connectivity index (χ1n) is 10.9.